The van der Waals surface area contributed by atoms with Gasteiger partial charge >= 0.3 is 12.3 Å². The van der Waals surface area contributed by atoms with Gasteiger partial charge in [-0.1, -0.05) is 11.8 Å². The van der Waals surface area contributed by atoms with E-state index in [1.54, 1.807) is 7.11 Å². The lowest BCUT2D eigenvalue weighted by Gasteiger charge is -2.36. The van der Waals surface area contributed by atoms with Crippen LogP contribution < -0.4 is 4.74 Å². The molecule has 1 aromatic rings. The van der Waals surface area contributed by atoms with Crippen LogP contribution >= 0.6 is 0 Å². The van der Waals surface area contributed by atoms with Gasteiger partial charge in [0.2, 0.25) is 0 Å². The van der Waals surface area contributed by atoms with Crippen molar-refractivity contribution in [2.75, 3.05) is 13.7 Å². The Kier molecular flexibility index (Phi) is 8.60. The Hall–Kier alpha value is -1.88. The molecule has 2 saturated carbocycles. The molecule has 2 aliphatic rings. The molecule has 0 saturated heterocycles. The highest BCUT2D eigenvalue weighted by Crippen LogP contribution is 2.41. The zero-order valence-electron chi connectivity index (χ0n) is 18.6. The van der Waals surface area contributed by atoms with E-state index in [1.165, 1.54) is 37.8 Å². The van der Waals surface area contributed by atoms with Crippen LogP contribution in [0.2, 0.25) is 0 Å². The van der Waals surface area contributed by atoms with Crippen LogP contribution in [-0.2, 0) is 4.74 Å². The van der Waals surface area contributed by atoms with Crippen molar-refractivity contribution in [2.24, 2.45) is 23.7 Å². The van der Waals surface area contributed by atoms with E-state index < -0.39 is 24.2 Å². The van der Waals surface area contributed by atoms with Gasteiger partial charge in [0, 0.05) is 25.2 Å². The summed E-state index contributed by atoms with van der Waals surface area (Å²) in [6.07, 6.45) is -5.72. The van der Waals surface area contributed by atoms with E-state index in [9.17, 15) is 26.3 Å². The van der Waals surface area contributed by atoms with Crippen molar-refractivity contribution in [2.45, 2.75) is 69.8 Å². The summed E-state index contributed by atoms with van der Waals surface area (Å²) in [5, 5.41) is 0. The summed E-state index contributed by atoms with van der Waals surface area (Å²) in [6.45, 7) is 0.856. The molecule has 2 aliphatic carbocycles. The molecule has 0 radical (unpaired) electrons. The normalized spacial score (nSPS) is 27.4. The zero-order chi connectivity index (χ0) is 24.1. The fraction of sp³-hybridized carbons (Fsp3) is 0.680. The Labute approximate surface area is 191 Å². The van der Waals surface area contributed by atoms with Crippen molar-refractivity contribution in [3.63, 3.8) is 0 Å². The van der Waals surface area contributed by atoms with Crippen molar-refractivity contribution in [1.82, 2.24) is 0 Å². The maximum atomic E-state index is 13.4. The number of hydrogen-bond acceptors (Lipinski definition) is 2. The minimum absolute atomic E-state index is 0.269. The number of rotatable bonds is 6. The van der Waals surface area contributed by atoms with Crippen LogP contribution in [0.1, 0.15) is 56.9 Å². The molecule has 0 amide bonds. The second-order valence-electron chi connectivity index (χ2n) is 9.21. The third-order valence-electron chi connectivity index (χ3n) is 6.84. The number of hydrogen-bond donors (Lipinski definition) is 0. The van der Waals surface area contributed by atoms with E-state index in [1.807, 2.05) is 0 Å². The largest absolute Gasteiger partial charge is 0.439 e. The predicted octanol–water partition coefficient (Wildman–Crippen LogP) is 7.17. The molecule has 184 valence electrons. The van der Waals surface area contributed by atoms with Crippen molar-refractivity contribution < 1.29 is 35.8 Å². The summed E-state index contributed by atoms with van der Waals surface area (Å²) in [6, 6.07) is 4.89. The Bertz CT molecular complexity index is 795. The highest BCUT2D eigenvalue weighted by atomic mass is 19.4. The number of ether oxygens (including phenoxy) is 2. The molecule has 0 aromatic heterocycles. The minimum atomic E-state index is -5.71. The molecule has 3 rings (SSSR count). The molecule has 0 heterocycles. The van der Waals surface area contributed by atoms with Crippen LogP contribution in [0.15, 0.2) is 24.3 Å². The number of benzene rings is 1. The summed E-state index contributed by atoms with van der Waals surface area (Å²) in [5.74, 6) is 8.18. The summed E-state index contributed by atoms with van der Waals surface area (Å²) < 4.78 is 85.5. The number of halogens is 6. The highest BCUT2D eigenvalue weighted by molar-refractivity contribution is 5.38. The van der Waals surface area contributed by atoms with Gasteiger partial charge in [0.15, 0.2) is 0 Å². The van der Waals surface area contributed by atoms with Crippen molar-refractivity contribution in [3.8, 4) is 17.6 Å². The second-order valence-corrected chi connectivity index (χ2v) is 9.21. The number of methoxy groups -OCH3 is 1. The lowest BCUT2D eigenvalue weighted by molar-refractivity contribution is -0.304. The third kappa shape index (κ3) is 7.30. The molecule has 2 fully saturated rings. The van der Waals surface area contributed by atoms with Gasteiger partial charge in [0.25, 0.3) is 6.17 Å². The molecule has 0 N–H and O–H groups in total. The SMILES string of the molecule is COCC1CCC(C2CCC(C#Cc3ccc(OC(F)(F)C(F)C(F)(F)F)cc3)CC2)CC1. The monoisotopic (exact) mass is 476 g/mol. The fourth-order valence-electron chi connectivity index (χ4n) is 4.99. The lowest BCUT2D eigenvalue weighted by atomic mass is 9.69. The molecule has 2 nitrogen and oxygen atoms in total. The Morgan fingerprint density at radius 3 is 1.94 bits per heavy atom. The molecule has 1 aromatic carbocycles. The Morgan fingerprint density at radius 2 is 1.42 bits per heavy atom. The van der Waals surface area contributed by atoms with Gasteiger partial charge in [-0.3, -0.25) is 0 Å². The van der Waals surface area contributed by atoms with Crippen LogP contribution in [0.3, 0.4) is 0 Å². The van der Waals surface area contributed by atoms with Gasteiger partial charge in [0.05, 0.1) is 0 Å². The van der Waals surface area contributed by atoms with Crippen LogP contribution in [0.4, 0.5) is 26.3 Å². The molecule has 0 spiro atoms. The molecular formula is C25H30F6O2. The van der Waals surface area contributed by atoms with E-state index in [0.717, 1.165) is 56.3 Å². The maximum Gasteiger partial charge on any atom is 0.439 e. The molecule has 1 atom stereocenters. The number of alkyl halides is 6. The molecule has 0 bridgehead atoms. The molecule has 33 heavy (non-hydrogen) atoms. The van der Waals surface area contributed by atoms with Crippen LogP contribution in [0, 0.1) is 35.5 Å². The van der Waals surface area contributed by atoms with Gasteiger partial charge in [-0.05, 0) is 93.4 Å². The van der Waals surface area contributed by atoms with Crippen LogP contribution in [0.25, 0.3) is 0 Å². The van der Waals surface area contributed by atoms with E-state index in [0.29, 0.717) is 11.5 Å². The lowest BCUT2D eigenvalue weighted by Crippen LogP contribution is -2.45. The second kappa shape index (κ2) is 11.0. The van der Waals surface area contributed by atoms with Crippen molar-refractivity contribution >= 4 is 0 Å². The molecular weight excluding hydrogens is 446 g/mol. The Morgan fingerprint density at radius 1 is 0.879 bits per heavy atom. The third-order valence-corrected chi connectivity index (χ3v) is 6.84. The maximum absolute atomic E-state index is 13.4. The molecule has 0 aliphatic heterocycles. The average Bonchev–Trinajstić information content (AvgIpc) is 2.78. The van der Waals surface area contributed by atoms with Crippen LogP contribution in [0.5, 0.6) is 5.75 Å². The minimum Gasteiger partial charge on any atom is -0.430 e. The summed E-state index contributed by atoms with van der Waals surface area (Å²) in [5.41, 5.74) is 0.539. The first kappa shape index (κ1) is 25.7. The van der Waals surface area contributed by atoms with Crippen LogP contribution in [-0.4, -0.2) is 32.2 Å². The smallest absolute Gasteiger partial charge is 0.430 e. The topological polar surface area (TPSA) is 18.5 Å². The van der Waals surface area contributed by atoms with Gasteiger partial charge in [0.1, 0.15) is 5.75 Å². The Balaban J connectivity index is 1.47. The first-order valence-electron chi connectivity index (χ1n) is 11.5. The van der Waals surface area contributed by atoms with E-state index in [4.69, 9.17) is 4.74 Å². The van der Waals surface area contributed by atoms with Gasteiger partial charge in [-0.2, -0.15) is 22.0 Å². The molecule has 8 heteroatoms. The van der Waals surface area contributed by atoms with E-state index >= 15 is 0 Å². The molecule has 1 unspecified atom stereocenters. The average molecular weight is 477 g/mol. The highest BCUT2D eigenvalue weighted by Gasteiger charge is 2.59. The van der Waals surface area contributed by atoms with E-state index in [-0.39, 0.29) is 5.92 Å². The first-order chi connectivity index (χ1) is 15.6. The standard InChI is InChI=1S/C25H30F6O2/c1-32-16-19-6-12-21(13-7-19)20-10-4-17(5-11-20)2-3-18-8-14-22(15-9-18)33-25(30,31)23(26)24(27,28)29/h8-9,14-15,17,19-21,23H,4-7,10-13,16H2,1H3. The van der Waals surface area contributed by atoms with Crippen molar-refractivity contribution in [3.05, 3.63) is 29.8 Å². The summed E-state index contributed by atoms with van der Waals surface area (Å²) in [4.78, 5) is 0. The predicted molar refractivity (Wildman–Crippen MR) is 113 cm³/mol. The van der Waals surface area contributed by atoms with Gasteiger partial charge < -0.3 is 9.47 Å². The van der Waals surface area contributed by atoms with E-state index in [2.05, 4.69) is 16.6 Å². The summed E-state index contributed by atoms with van der Waals surface area (Å²) >= 11 is 0. The summed E-state index contributed by atoms with van der Waals surface area (Å²) in [7, 11) is 1.76. The quantitative estimate of drug-likeness (QED) is 0.320. The van der Waals surface area contributed by atoms with Gasteiger partial charge in [-0.15, -0.1) is 0 Å². The van der Waals surface area contributed by atoms with Gasteiger partial charge in [-0.25, -0.2) is 4.39 Å². The fourth-order valence-corrected chi connectivity index (χ4v) is 4.99. The first-order valence-corrected chi connectivity index (χ1v) is 11.5. The zero-order valence-corrected chi connectivity index (χ0v) is 18.6. The van der Waals surface area contributed by atoms with Crippen molar-refractivity contribution in [1.29, 1.82) is 0 Å².